The van der Waals surface area contributed by atoms with E-state index in [0.717, 1.165) is 12.1 Å². The van der Waals surface area contributed by atoms with E-state index in [1.807, 2.05) is 5.38 Å². The molecular weight excluding hydrogens is 437 g/mol. The summed E-state index contributed by atoms with van der Waals surface area (Å²) in [7, 11) is 2.87. The van der Waals surface area contributed by atoms with Crippen molar-refractivity contribution in [3.63, 3.8) is 0 Å². The Hall–Kier alpha value is -2.59. The molecule has 0 unspecified atom stereocenters. The Kier molecular flexibility index (Phi) is 6.67. The van der Waals surface area contributed by atoms with Crippen LogP contribution in [0.5, 0.6) is 0 Å². The topological polar surface area (TPSA) is 59.5 Å². The van der Waals surface area contributed by atoms with E-state index in [0.29, 0.717) is 21.3 Å². The number of carbonyl (C=O) groups excluding carboxylic acids is 2. The molecule has 2 aromatic heterocycles. The molecule has 0 atom stereocenters. The van der Waals surface area contributed by atoms with Gasteiger partial charge in [-0.2, -0.15) is 13.2 Å². The van der Waals surface area contributed by atoms with E-state index in [1.165, 1.54) is 47.2 Å². The molecule has 0 spiro atoms. The van der Waals surface area contributed by atoms with Crippen LogP contribution in [0.1, 0.15) is 22.3 Å². The Labute approximate surface area is 178 Å². The van der Waals surface area contributed by atoms with Crippen LogP contribution < -0.4 is 4.90 Å². The fourth-order valence-electron chi connectivity index (χ4n) is 2.67. The van der Waals surface area contributed by atoms with Gasteiger partial charge in [-0.3, -0.25) is 9.59 Å². The first kappa shape index (κ1) is 22.1. The number of rotatable bonds is 6. The fourth-order valence-corrected chi connectivity index (χ4v) is 4.29. The van der Waals surface area contributed by atoms with Crippen molar-refractivity contribution in [1.29, 1.82) is 0 Å². The minimum absolute atomic E-state index is 0.113. The lowest BCUT2D eigenvalue weighted by molar-refractivity contribution is -0.140. The third-order valence-electron chi connectivity index (χ3n) is 4.25. The standard InChI is InChI=1S/C20H17F3N2O3S2/c1-25(16-4-3-8-29-16)19(27)14-11-12-10-13(20(21,22)23)5-6-15(12)24-18(14)30-9-7-17(26)28-2/h3-6,8,10-11H,7,9H2,1-2H3. The van der Waals surface area contributed by atoms with Gasteiger partial charge in [0.15, 0.2) is 0 Å². The number of aromatic nitrogens is 1. The number of halogens is 3. The van der Waals surface area contributed by atoms with Crippen molar-refractivity contribution in [3.05, 3.63) is 52.9 Å². The Morgan fingerprint density at radius 2 is 2.00 bits per heavy atom. The second-order valence-electron chi connectivity index (χ2n) is 6.24. The van der Waals surface area contributed by atoms with Crippen LogP contribution in [0.3, 0.4) is 0 Å². The van der Waals surface area contributed by atoms with E-state index in [9.17, 15) is 22.8 Å². The Morgan fingerprint density at radius 3 is 2.63 bits per heavy atom. The molecule has 3 rings (SSSR count). The van der Waals surface area contributed by atoms with Gasteiger partial charge in [0, 0.05) is 18.2 Å². The van der Waals surface area contributed by atoms with E-state index in [1.54, 1.807) is 19.2 Å². The van der Waals surface area contributed by atoms with Gasteiger partial charge in [-0.25, -0.2) is 4.98 Å². The molecule has 2 heterocycles. The van der Waals surface area contributed by atoms with Gasteiger partial charge in [-0.15, -0.1) is 23.1 Å². The van der Waals surface area contributed by atoms with E-state index in [4.69, 9.17) is 0 Å². The first-order chi connectivity index (χ1) is 14.2. The summed E-state index contributed by atoms with van der Waals surface area (Å²) in [6, 6.07) is 8.20. The minimum Gasteiger partial charge on any atom is -0.469 e. The van der Waals surface area contributed by atoms with Crippen molar-refractivity contribution in [1.82, 2.24) is 4.98 Å². The summed E-state index contributed by atoms with van der Waals surface area (Å²) in [4.78, 5) is 30.3. The lowest BCUT2D eigenvalue weighted by atomic mass is 10.1. The number of carbonyl (C=O) groups is 2. The van der Waals surface area contributed by atoms with Crippen LogP contribution in [0.2, 0.25) is 0 Å². The van der Waals surface area contributed by atoms with Crippen molar-refractivity contribution in [3.8, 4) is 0 Å². The van der Waals surface area contributed by atoms with Gasteiger partial charge < -0.3 is 9.64 Å². The number of pyridine rings is 1. The minimum atomic E-state index is -4.50. The Bertz CT molecular complexity index is 1070. The normalized spacial score (nSPS) is 11.5. The highest BCUT2D eigenvalue weighted by Crippen LogP contribution is 2.33. The SMILES string of the molecule is COC(=O)CCSc1nc2ccc(C(F)(F)F)cc2cc1C(=O)N(C)c1cccs1. The summed E-state index contributed by atoms with van der Waals surface area (Å²) < 4.78 is 43.9. The van der Waals surface area contributed by atoms with Crippen molar-refractivity contribution < 1.29 is 27.5 Å². The number of hydrogen-bond donors (Lipinski definition) is 0. The van der Waals surface area contributed by atoms with Gasteiger partial charge in [0.25, 0.3) is 5.91 Å². The van der Waals surface area contributed by atoms with E-state index < -0.39 is 23.6 Å². The van der Waals surface area contributed by atoms with Crippen molar-refractivity contribution in [2.24, 2.45) is 0 Å². The van der Waals surface area contributed by atoms with Crippen LogP contribution >= 0.6 is 23.1 Å². The first-order valence-electron chi connectivity index (χ1n) is 8.74. The van der Waals surface area contributed by atoms with Crippen molar-refractivity contribution >= 4 is 50.9 Å². The summed E-state index contributed by atoms with van der Waals surface area (Å²) in [5, 5.41) is 3.07. The molecule has 0 radical (unpaired) electrons. The molecule has 10 heteroatoms. The molecule has 0 aliphatic heterocycles. The molecule has 0 N–H and O–H groups in total. The lowest BCUT2D eigenvalue weighted by Gasteiger charge is -2.18. The number of nitrogens with zero attached hydrogens (tertiary/aromatic N) is 2. The summed E-state index contributed by atoms with van der Waals surface area (Å²) in [6.45, 7) is 0. The number of methoxy groups -OCH3 is 1. The van der Waals surface area contributed by atoms with Crippen LogP contribution in [0.25, 0.3) is 10.9 Å². The van der Waals surface area contributed by atoms with E-state index in [2.05, 4.69) is 9.72 Å². The first-order valence-corrected chi connectivity index (χ1v) is 10.6. The summed E-state index contributed by atoms with van der Waals surface area (Å²) in [5.41, 5.74) is -0.306. The molecule has 5 nitrogen and oxygen atoms in total. The predicted octanol–water partition coefficient (Wildman–Crippen LogP) is 5.25. The molecule has 0 bridgehead atoms. The van der Waals surface area contributed by atoms with Crippen molar-refractivity contribution in [2.75, 3.05) is 24.8 Å². The monoisotopic (exact) mass is 454 g/mol. The summed E-state index contributed by atoms with van der Waals surface area (Å²) in [5.74, 6) is -0.485. The smallest absolute Gasteiger partial charge is 0.416 e. The van der Waals surface area contributed by atoms with Gasteiger partial charge in [0.2, 0.25) is 0 Å². The lowest BCUT2D eigenvalue weighted by Crippen LogP contribution is -2.26. The second kappa shape index (κ2) is 9.05. The molecule has 1 aromatic carbocycles. The van der Waals surface area contributed by atoms with Crippen LogP contribution in [0.15, 0.2) is 46.8 Å². The number of fused-ring (bicyclic) bond motifs is 1. The Balaban J connectivity index is 2.03. The molecule has 3 aromatic rings. The molecule has 0 saturated carbocycles. The van der Waals surface area contributed by atoms with Crippen LogP contribution in [0, 0.1) is 0 Å². The molecular formula is C20H17F3N2O3S2. The number of thiophene rings is 1. The van der Waals surface area contributed by atoms with Gasteiger partial charge in [0.05, 0.1) is 35.2 Å². The summed E-state index contributed by atoms with van der Waals surface area (Å²) >= 11 is 2.54. The number of hydrogen-bond acceptors (Lipinski definition) is 6. The maximum atomic E-state index is 13.1. The molecule has 158 valence electrons. The molecule has 0 saturated heterocycles. The zero-order valence-electron chi connectivity index (χ0n) is 16.0. The average molecular weight is 454 g/mol. The number of ether oxygens (including phenoxy) is 1. The van der Waals surface area contributed by atoms with Gasteiger partial charge in [0.1, 0.15) is 5.03 Å². The number of thioether (sulfide) groups is 1. The fraction of sp³-hybridized carbons (Fsp3) is 0.250. The van der Waals surface area contributed by atoms with Crippen LogP contribution in [-0.2, 0) is 15.7 Å². The summed E-state index contributed by atoms with van der Waals surface area (Å²) in [6.07, 6.45) is -4.39. The van der Waals surface area contributed by atoms with Gasteiger partial charge >= 0.3 is 12.1 Å². The van der Waals surface area contributed by atoms with E-state index in [-0.39, 0.29) is 17.4 Å². The number of esters is 1. The third kappa shape index (κ3) is 4.93. The largest absolute Gasteiger partial charge is 0.469 e. The number of alkyl halides is 3. The highest BCUT2D eigenvalue weighted by Gasteiger charge is 2.31. The third-order valence-corrected chi connectivity index (χ3v) is 6.19. The number of anilines is 1. The molecule has 0 aliphatic rings. The van der Waals surface area contributed by atoms with Gasteiger partial charge in [-0.1, -0.05) is 0 Å². The maximum Gasteiger partial charge on any atom is 0.416 e. The highest BCUT2D eigenvalue weighted by atomic mass is 32.2. The molecule has 0 fully saturated rings. The predicted molar refractivity (Wildman–Crippen MR) is 111 cm³/mol. The average Bonchev–Trinajstić information content (AvgIpc) is 3.25. The van der Waals surface area contributed by atoms with Crippen LogP contribution in [-0.4, -0.2) is 36.8 Å². The molecule has 0 aliphatic carbocycles. The number of benzene rings is 1. The molecule has 30 heavy (non-hydrogen) atoms. The molecule has 1 amide bonds. The number of amides is 1. The maximum absolute atomic E-state index is 13.1. The van der Waals surface area contributed by atoms with Gasteiger partial charge in [-0.05, 0) is 41.8 Å². The Morgan fingerprint density at radius 1 is 1.23 bits per heavy atom. The zero-order chi connectivity index (χ0) is 21.9. The quantitative estimate of drug-likeness (QED) is 0.376. The van der Waals surface area contributed by atoms with Crippen LogP contribution in [0.4, 0.5) is 18.2 Å². The zero-order valence-corrected chi connectivity index (χ0v) is 17.7. The van der Waals surface area contributed by atoms with Crippen molar-refractivity contribution in [2.45, 2.75) is 17.6 Å². The second-order valence-corrected chi connectivity index (χ2v) is 8.25. The highest BCUT2D eigenvalue weighted by molar-refractivity contribution is 7.99. The van der Waals surface area contributed by atoms with E-state index >= 15 is 0 Å².